The van der Waals surface area contributed by atoms with Crippen molar-refractivity contribution in [3.05, 3.63) is 21.4 Å². The highest BCUT2D eigenvalue weighted by molar-refractivity contribution is 9.10. The Labute approximate surface area is 212 Å². The van der Waals surface area contributed by atoms with Gasteiger partial charge in [0.2, 0.25) is 5.95 Å². The lowest BCUT2D eigenvalue weighted by atomic mass is 10.2. The van der Waals surface area contributed by atoms with Gasteiger partial charge in [-0.25, -0.2) is 14.2 Å². The molecule has 0 bridgehead atoms. The fourth-order valence-corrected chi connectivity index (χ4v) is 4.84. The summed E-state index contributed by atoms with van der Waals surface area (Å²) < 4.78 is 20.9. The highest BCUT2D eigenvalue weighted by Gasteiger charge is 2.28. The molecule has 186 valence electrons. The summed E-state index contributed by atoms with van der Waals surface area (Å²) in [5.74, 6) is 0.467. The van der Waals surface area contributed by atoms with E-state index in [1.165, 1.54) is 0 Å². The first-order valence-corrected chi connectivity index (χ1v) is 12.7. The van der Waals surface area contributed by atoms with Gasteiger partial charge in [-0.15, -0.1) is 0 Å². The molecule has 2 aliphatic heterocycles. The number of nitrogens with one attached hydrogen (secondary N) is 1. The number of halogens is 3. The zero-order valence-electron chi connectivity index (χ0n) is 20.0. The molecule has 4 rings (SSSR count). The topological polar surface area (TPSA) is 73.8 Å². The summed E-state index contributed by atoms with van der Waals surface area (Å²) in [6.07, 6.45) is 1.93. The minimum atomic E-state index is -0.549. The Morgan fingerprint density at radius 2 is 1.97 bits per heavy atom. The van der Waals surface area contributed by atoms with E-state index in [1.807, 2.05) is 25.7 Å². The van der Waals surface area contributed by atoms with Gasteiger partial charge >= 0.3 is 6.09 Å². The first-order valence-electron chi connectivity index (χ1n) is 11.6. The number of piperazine rings is 1. The van der Waals surface area contributed by atoms with Gasteiger partial charge in [0.1, 0.15) is 16.9 Å². The quantitative estimate of drug-likeness (QED) is 0.544. The van der Waals surface area contributed by atoms with Crippen LogP contribution in [0.3, 0.4) is 0 Å². The number of ether oxygens (including phenoxy) is 1. The molecule has 1 atom stereocenters. The van der Waals surface area contributed by atoms with Gasteiger partial charge in [-0.05, 0) is 69.2 Å². The van der Waals surface area contributed by atoms with Crippen molar-refractivity contribution in [3.63, 3.8) is 0 Å². The lowest BCUT2D eigenvalue weighted by molar-refractivity contribution is 0.0240. The number of likely N-dealkylation sites (tertiary alicyclic amines) is 1. The first kappa shape index (κ1) is 25.2. The highest BCUT2D eigenvalue weighted by atomic mass is 79.9. The maximum Gasteiger partial charge on any atom is 0.410 e. The van der Waals surface area contributed by atoms with E-state index in [9.17, 15) is 4.79 Å². The normalized spacial score (nSPS) is 19.7. The average Bonchev–Trinajstić information content (AvgIpc) is 3.19. The molecule has 11 heteroatoms. The number of carbonyl (C=O) groups excluding carboxylic acids is 1. The monoisotopic (exact) mass is 556 g/mol. The van der Waals surface area contributed by atoms with Crippen molar-refractivity contribution in [2.75, 3.05) is 56.5 Å². The lowest BCUT2D eigenvalue weighted by Crippen LogP contribution is -2.50. The van der Waals surface area contributed by atoms with Gasteiger partial charge in [-0.1, -0.05) is 11.6 Å². The minimum Gasteiger partial charge on any atom is -0.444 e. The number of hydrogen-bond acceptors (Lipinski definition) is 7. The summed E-state index contributed by atoms with van der Waals surface area (Å²) in [4.78, 5) is 27.7. The van der Waals surface area contributed by atoms with Crippen LogP contribution in [0.5, 0.6) is 0 Å². The van der Waals surface area contributed by atoms with Gasteiger partial charge in [-0.3, -0.25) is 0 Å². The highest BCUT2D eigenvalue weighted by Crippen LogP contribution is 2.36. The summed E-state index contributed by atoms with van der Waals surface area (Å²) in [7, 11) is 2.11. The van der Waals surface area contributed by atoms with Crippen LogP contribution in [0.4, 0.5) is 21.0 Å². The Morgan fingerprint density at radius 3 is 2.59 bits per heavy atom. The van der Waals surface area contributed by atoms with E-state index in [4.69, 9.17) is 21.3 Å². The Bertz CT molecular complexity index is 1070. The van der Waals surface area contributed by atoms with Gasteiger partial charge in [-0.2, -0.15) is 4.98 Å². The SMILES string of the molecule is CN1CCC[C@H]1CNc1nc(N2CCN(C(=O)OC(C)(C)C)CC2)c2cc(Cl)c(Br)c(F)c2n1. The third-order valence-electron chi connectivity index (χ3n) is 6.21. The molecule has 2 saturated heterocycles. The van der Waals surface area contributed by atoms with Gasteiger partial charge in [0.25, 0.3) is 0 Å². The molecule has 3 heterocycles. The molecule has 0 saturated carbocycles. The second kappa shape index (κ2) is 9.99. The van der Waals surface area contributed by atoms with Crippen molar-refractivity contribution in [3.8, 4) is 0 Å². The Morgan fingerprint density at radius 1 is 1.26 bits per heavy atom. The molecular weight excluding hydrogens is 527 g/mol. The summed E-state index contributed by atoms with van der Waals surface area (Å²) in [6.45, 7) is 9.32. The molecule has 0 spiro atoms. The van der Waals surface area contributed by atoms with Crippen LogP contribution in [0.1, 0.15) is 33.6 Å². The van der Waals surface area contributed by atoms with Gasteiger partial charge < -0.3 is 24.8 Å². The summed E-state index contributed by atoms with van der Waals surface area (Å²) in [5.41, 5.74) is -0.342. The number of likely N-dealkylation sites (N-methyl/N-ethyl adjacent to an activating group) is 1. The molecule has 1 amide bonds. The summed E-state index contributed by atoms with van der Waals surface area (Å²) in [5, 5.41) is 4.11. The van der Waals surface area contributed by atoms with E-state index in [0.29, 0.717) is 55.9 Å². The number of carbonyl (C=O) groups is 1. The smallest absolute Gasteiger partial charge is 0.410 e. The Hall–Kier alpha value is -1.91. The van der Waals surface area contributed by atoms with E-state index >= 15 is 4.39 Å². The molecular formula is C23H31BrClFN6O2. The third kappa shape index (κ3) is 5.49. The third-order valence-corrected chi connectivity index (χ3v) is 7.51. The van der Waals surface area contributed by atoms with Crippen LogP contribution in [0.25, 0.3) is 10.9 Å². The molecule has 8 nitrogen and oxygen atoms in total. The van der Waals surface area contributed by atoms with Crippen molar-refractivity contribution in [2.45, 2.75) is 45.3 Å². The van der Waals surface area contributed by atoms with Crippen molar-refractivity contribution in [1.29, 1.82) is 0 Å². The van der Waals surface area contributed by atoms with Gasteiger partial charge in [0, 0.05) is 44.2 Å². The molecule has 1 N–H and O–H groups in total. The number of nitrogens with zero attached hydrogens (tertiary/aromatic N) is 5. The number of amides is 1. The molecule has 1 aromatic heterocycles. The van der Waals surface area contributed by atoms with E-state index in [1.54, 1.807) is 11.0 Å². The van der Waals surface area contributed by atoms with Crippen LogP contribution >= 0.6 is 27.5 Å². The first-order chi connectivity index (χ1) is 16.0. The van der Waals surface area contributed by atoms with Crippen LogP contribution in [0.2, 0.25) is 5.02 Å². The van der Waals surface area contributed by atoms with Crippen LogP contribution < -0.4 is 10.2 Å². The number of rotatable bonds is 4. The second-order valence-electron chi connectivity index (χ2n) is 9.87. The molecule has 0 unspecified atom stereocenters. The second-order valence-corrected chi connectivity index (χ2v) is 11.1. The largest absolute Gasteiger partial charge is 0.444 e. The maximum absolute atomic E-state index is 15.2. The standard InChI is InChI=1S/C23H31BrClFN6O2/c1-23(2,3)34-22(33)32-10-8-31(9-11-32)20-15-12-16(25)17(24)18(26)19(15)28-21(29-20)27-13-14-6-5-7-30(14)4/h12,14H,5-11,13H2,1-4H3,(H,27,28,29)/t14-/m0/s1. The molecule has 0 aliphatic carbocycles. The Kier molecular flexibility index (Phi) is 7.40. The number of fused-ring (bicyclic) bond motifs is 1. The zero-order valence-corrected chi connectivity index (χ0v) is 22.3. The number of hydrogen-bond donors (Lipinski definition) is 1. The predicted molar refractivity (Wildman–Crippen MR) is 136 cm³/mol. The maximum atomic E-state index is 15.2. The fourth-order valence-electron chi connectivity index (χ4n) is 4.35. The molecule has 34 heavy (non-hydrogen) atoms. The molecule has 1 aromatic carbocycles. The van der Waals surface area contributed by atoms with Crippen LogP contribution in [-0.4, -0.2) is 83.8 Å². The average molecular weight is 558 g/mol. The van der Waals surface area contributed by atoms with Crippen LogP contribution in [-0.2, 0) is 4.74 Å². The molecule has 0 radical (unpaired) electrons. The Balaban J connectivity index is 1.60. The number of aromatic nitrogens is 2. The number of benzene rings is 1. The van der Waals surface area contributed by atoms with Crippen LogP contribution in [0, 0.1) is 5.82 Å². The molecule has 2 fully saturated rings. The van der Waals surface area contributed by atoms with Gasteiger partial charge in [0.05, 0.1) is 9.50 Å². The van der Waals surface area contributed by atoms with Crippen molar-refractivity contribution >= 4 is 56.3 Å². The van der Waals surface area contributed by atoms with E-state index < -0.39 is 11.4 Å². The van der Waals surface area contributed by atoms with E-state index in [-0.39, 0.29) is 21.1 Å². The predicted octanol–water partition coefficient (Wildman–Crippen LogP) is 4.75. The summed E-state index contributed by atoms with van der Waals surface area (Å²) in [6, 6.07) is 2.08. The van der Waals surface area contributed by atoms with E-state index in [0.717, 1.165) is 19.4 Å². The molecule has 2 aliphatic rings. The minimum absolute atomic E-state index is 0.183. The van der Waals surface area contributed by atoms with Gasteiger partial charge in [0.15, 0.2) is 5.82 Å². The van der Waals surface area contributed by atoms with Crippen molar-refractivity contribution < 1.29 is 13.9 Å². The molecule has 2 aromatic rings. The zero-order chi connectivity index (χ0) is 24.6. The van der Waals surface area contributed by atoms with Crippen molar-refractivity contribution in [1.82, 2.24) is 19.8 Å². The summed E-state index contributed by atoms with van der Waals surface area (Å²) >= 11 is 9.51. The van der Waals surface area contributed by atoms with Crippen LogP contribution in [0.15, 0.2) is 10.5 Å². The van der Waals surface area contributed by atoms with Crippen molar-refractivity contribution in [2.24, 2.45) is 0 Å². The van der Waals surface area contributed by atoms with E-state index in [2.05, 4.69) is 38.2 Å². The fraction of sp³-hybridized carbons (Fsp3) is 0.609. The lowest BCUT2D eigenvalue weighted by Gasteiger charge is -2.36. The number of anilines is 2.